The van der Waals surface area contributed by atoms with E-state index in [0.717, 1.165) is 4.47 Å². The Bertz CT molecular complexity index is 641. The van der Waals surface area contributed by atoms with E-state index in [1.807, 2.05) is 0 Å². The Morgan fingerprint density at radius 1 is 1.32 bits per heavy atom. The van der Waals surface area contributed by atoms with E-state index in [2.05, 4.69) is 21.2 Å². The number of hydrogen-bond donors (Lipinski definition) is 3. The number of carbonyl (C=O) groups is 1. The van der Waals surface area contributed by atoms with Crippen LogP contribution < -0.4 is 11.1 Å². The Morgan fingerprint density at radius 3 is 2.74 bits per heavy atom. The minimum Gasteiger partial charge on any atom is -0.507 e. The molecule has 0 spiro atoms. The minimum atomic E-state index is -0.372. The summed E-state index contributed by atoms with van der Waals surface area (Å²) in [6, 6.07) is 10.2. The molecular weight excluding hydrogens is 308 g/mol. The number of rotatable bonds is 2. The van der Waals surface area contributed by atoms with E-state index in [-0.39, 0.29) is 17.2 Å². The molecule has 98 valence electrons. The molecule has 0 bridgehead atoms. The van der Waals surface area contributed by atoms with E-state index in [0.29, 0.717) is 16.9 Å². The highest BCUT2D eigenvalue weighted by molar-refractivity contribution is 9.10. The third kappa shape index (κ3) is 2.88. The van der Waals surface area contributed by atoms with E-state index in [1.54, 1.807) is 43.3 Å². The Hall–Kier alpha value is -2.01. The molecule has 4 nitrogen and oxygen atoms in total. The second kappa shape index (κ2) is 5.32. The van der Waals surface area contributed by atoms with Crippen LogP contribution in [0.2, 0.25) is 0 Å². The zero-order chi connectivity index (χ0) is 14.0. The number of nitrogens with one attached hydrogen (secondary N) is 1. The summed E-state index contributed by atoms with van der Waals surface area (Å²) >= 11 is 3.28. The molecule has 0 fully saturated rings. The minimum absolute atomic E-state index is 0.00918. The summed E-state index contributed by atoms with van der Waals surface area (Å²) in [4.78, 5) is 12.1. The van der Waals surface area contributed by atoms with Crippen molar-refractivity contribution in [2.75, 3.05) is 11.1 Å². The topological polar surface area (TPSA) is 75.4 Å². The first-order valence-electron chi connectivity index (χ1n) is 5.64. The zero-order valence-electron chi connectivity index (χ0n) is 10.3. The number of anilines is 2. The standard InChI is InChI=1S/C14H13BrN2O2/c1-8-3-2-4-10(13(8)18)14(19)17-9-5-6-11(15)12(16)7-9/h2-7,18H,16H2,1H3,(H,17,19). The van der Waals surface area contributed by atoms with Gasteiger partial charge in [0.1, 0.15) is 5.75 Å². The normalized spacial score (nSPS) is 10.2. The average Bonchev–Trinajstić information content (AvgIpc) is 2.37. The molecule has 2 rings (SSSR count). The van der Waals surface area contributed by atoms with Crippen LogP contribution >= 0.6 is 15.9 Å². The third-order valence-electron chi connectivity index (χ3n) is 2.74. The summed E-state index contributed by atoms with van der Waals surface area (Å²) in [5.74, 6) is -0.381. The van der Waals surface area contributed by atoms with Gasteiger partial charge in [-0.1, -0.05) is 12.1 Å². The number of aryl methyl sites for hydroxylation is 1. The smallest absolute Gasteiger partial charge is 0.259 e. The van der Waals surface area contributed by atoms with Crippen molar-refractivity contribution in [3.8, 4) is 5.75 Å². The van der Waals surface area contributed by atoms with Crippen LogP contribution in [0.1, 0.15) is 15.9 Å². The van der Waals surface area contributed by atoms with Crippen LogP contribution in [0.4, 0.5) is 11.4 Å². The Labute approximate surface area is 119 Å². The number of phenolic OH excluding ortho intramolecular Hbond substituents is 1. The second-order valence-electron chi connectivity index (χ2n) is 4.16. The summed E-state index contributed by atoms with van der Waals surface area (Å²) in [6.07, 6.45) is 0. The lowest BCUT2D eigenvalue weighted by Gasteiger charge is -2.09. The fraction of sp³-hybridized carbons (Fsp3) is 0.0714. The Morgan fingerprint density at radius 2 is 2.05 bits per heavy atom. The van der Waals surface area contributed by atoms with Crippen LogP contribution in [0.3, 0.4) is 0 Å². The molecule has 2 aromatic rings. The number of amides is 1. The molecule has 2 aromatic carbocycles. The van der Waals surface area contributed by atoms with Crippen molar-refractivity contribution < 1.29 is 9.90 Å². The van der Waals surface area contributed by atoms with E-state index < -0.39 is 0 Å². The molecule has 19 heavy (non-hydrogen) atoms. The van der Waals surface area contributed by atoms with Gasteiger partial charge < -0.3 is 16.2 Å². The maximum atomic E-state index is 12.1. The fourth-order valence-corrected chi connectivity index (χ4v) is 1.91. The predicted molar refractivity (Wildman–Crippen MR) is 79.4 cm³/mol. The Kier molecular flexibility index (Phi) is 3.76. The van der Waals surface area contributed by atoms with Crippen LogP contribution in [0.5, 0.6) is 5.75 Å². The number of hydrogen-bond acceptors (Lipinski definition) is 3. The molecule has 0 aromatic heterocycles. The van der Waals surface area contributed by atoms with Crippen molar-refractivity contribution >= 4 is 33.2 Å². The van der Waals surface area contributed by atoms with Crippen LogP contribution in [0, 0.1) is 6.92 Å². The SMILES string of the molecule is Cc1cccc(C(=O)Nc2ccc(Br)c(N)c2)c1O. The highest BCUT2D eigenvalue weighted by Crippen LogP contribution is 2.25. The zero-order valence-corrected chi connectivity index (χ0v) is 11.9. The molecule has 0 aliphatic carbocycles. The van der Waals surface area contributed by atoms with Gasteiger partial charge in [-0.25, -0.2) is 0 Å². The highest BCUT2D eigenvalue weighted by atomic mass is 79.9. The second-order valence-corrected chi connectivity index (χ2v) is 5.02. The number of halogens is 1. The maximum absolute atomic E-state index is 12.1. The predicted octanol–water partition coefficient (Wildman–Crippen LogP) is 3.30. The van der Waals surface area contributed by atoms with Gasteiger partial charge in [0.2, 0.25) is 0 Å². The summed E-state index contributed by atoms with van der Waals surface area (Å²) in [5.41, 5.74) is 7.74. The lowest BCUT2D eigenvalue weighted by Crippen LogP contribution is -2.12. The molecule has 0 radical (unpaired) electrons. The van der Waals surface area contributed by atoms with Gasteiger partial charge in [0.05, 0.1) is 5.56 Å². The third-order valence-corrected chi connectivity index (χ3v) is 3.46. The van der Waals surface area contributed by atoms with Crippen LogP contribution in [-0.2, 0) is 0 Å². The van der Waals surface area contributed by atoms with Gasteiger partial charge in [0, 0.05) is 15.8 Å². The number of phenols is 1. The number of nitrogen functional groups attached to an aromatic ring is 1. The molecule has 5 heteroatoms. The van der Waals surface area contributed by atoms with Crippen molar-refractivity contribution in [1.29, 1.82) is 0 Å². The molecule has 0 aliphatic rings. The van der Waals surface area contributed by atoms with Crippen LogP contribution in [-0.4, -0.2) is 11.0 Å². The molecular formula is C14H13BrN2O2. The van der Waals surface area contributed by atoms with Crippen molar-refractivity contribution in [2.45, 2.75) is 6.92 Å². The summed E-state index contributed by atoms with van der Waals surface area (Å²) in [7, 11) is 0. The first-order chi connectivity index (χ1) is 8.99. The average molecular weight is 321 g/mol. The molecule has 0 saturated heterocycles. The summed E-state index contributed by atoms with van der Waals surface area (Å²) in [5, 5.41) is 12.5. The number of benzene rings is 2. The van der Waals surface area contributed by atoms with Crippen LogP contribution in [0.15, 0.2) is 40.9 Å². The van der Waals surface area contributed by atoms with Gasteiger partial charge in [0.15, 0.2) is 0 Å². The van der Waals surface area contributed by atoms with Gasteiger partial charge >= 0.3 is 0 Å². The molecule has 1 amide bonds. The van der Waals surface area contributed by atoms with E-state index in [4.69, 9.17) is 5.73 Å². The van der Waals surface area contributed by atoms with Gasteiger partial charge in [-0.15, -0.1) is 0 Å². The molecule has 0 aliphatic heterocycles. The quantitative estimate of drug-likeness (QED) is 0.743. The number of carbonyl (C=O) groups excluding carboxylic acids is 1. The lowest BCUT2D eigenvalue weighted by atomic mass is 10.1. The summed E-state index contributed by atoms with van der Waals surface area (Å²) < 4.78 is 0.768. The van der Waals surface area contributed by atoms with Gasteiger partial charge in [-0.3, -0.25) is 4.79 Å². The molecule has 0 heterocycles. The highest BCUT2D eigenvalue weighted by Gasteiger charge is 2.12. The van der Waals surface area contributed by atoms with Gasteiger partial charge in [0.25, 0.3) is 5.91 Å². The molecule has 0 unspecified atom stereocenters. The number of aromatic hydroxyl groups is 1. The van der Waals surface area contributed by atoms with Crippen molar-refractivity contribution in [1.82, 2.24) is 0 Å². The first kappa shape index (κ1) is 13.4. The fourth-order valence-electron chi connectivity index (χ4n) is 1.66. The van der Waals surface area contributed by atoms with E-state index in [9.17, 15) is 9.90 Å². The lowest BCUT2D eigenvalue weighted by molar-refractivity contribution is 0.102. The first-order valence-corrected chi connectivity index (χ1v) is 6.43. The molecule has 0 atom stereocenters. The van der Waals surface area contributed by atoms with Gasteiger partial charge in [-0.05, 0) is 52.7 Å². The van der Waals surface area contributed by atoms with E-state index >= 15 is 0 Å². The largest absolute Gasteiger partial charge is 0.507 e. The van der Waals surface area contributed by atoms with Crippen molar-refractivity contribution in [2.24, 2.45) is 0 Å². The van der Waals surface area contributed by atoms with Crippen LogP contribution in [0.25, 0.3) is 0 Å². The summed E-state index contributed by atoms with van der Waals surface area (Å²) in [6.45, 7) is 1.74. The Balaban J connectivity index is 2.26. The van der Waals surface area contributed by atoms with Gasteiger partial charge in [-0.2, -0.15) is 0 Å². The van der Waals surface area contributed by atoms with Crippen molar-refractivity contribution in [3.05, 3.63) is 52.0 Å². The van der Waals surface area contributed by atoms with E-state index in [1.165, 1.54) is 0 Å². The van der Waals surface area contributed by atoms with Crippen molar-refractivity contribution in [3.63, 3.8) is 0 Å². The monoisotopic (exact) mass is 320 g/mol. The number of nitrogens with two attached hydrogens (primary N) is 1. The molecule has 0 saturated carbocycles. The maximum Gasteiger partial charge on any atom is 0.259 e. The number of para-hydroxylation sites is 1. The molecule has 4 N–H and O–H groups in total.